The Hall–Kier alpha value is -1.26. The van der Waals surface area contributed by atoms with E-state index in [1.807, 2.05) is 6.07 Å². The van der Waals surface area contributed by atoms with Crippen LogP contribution in [0.25, 0.3) is 0 Å². The van der Waals surface area contributed by atoms with Crippen LogP contribution in [0.3, 0.4) is 0 Å². The third-order valence-corrected chi connectivity index (χ3v) is 4.01. The normalized spacial score (nSPS) is 16.5. The maximum absolute atomic E-state index is 5.90. The summed E-state index contributed by atoms with van der Waals surface area (Å²) < 4.78 is 16.7. The summed E-state index contributed by atoms with van der Waals surface area (Å²) in [6.45, 7) is 12.1. The summed E-state index contributed by atoms with van der Waals surface area (Å²) in [6, 6.07) is 6.23. The van der Waals surface area contributed by atoms with Crippen LogP contribution in [0.2, 0.25) is 0 Å². The quantitative estimate of drug-likeness (QED) is 0.756. The molecule has 1 heterocycles. The Morgan fingerprint density at radius 3 is 2.50 bits per heavy atom. The number of hydrogen-bond acceptors (Lipinski definition) is 4. The Labute approximate surface area is 134 Å². The Morgan fingerprint density at radius 1 is 1.14 bits per heavy atom. The minimum absolute atomic E-state index is 0.113. The van der Waals surface area contributed by atoms with E-state index >= 15 is 0 Å². The molecule has 0 bridgehead atoms. The zero-order chi connectivity index (χ0) is 16.0. The highest BCUT2D eigenvalue weighted by Gasteiger charge is 2.16. The van der Waals surface area contributed by atoms with Gasteiger partial charge in [-0.15, -0.1) is 0 Å². The van der Waals surface area contributed by atoms with Gasteiger partial charge in [-0.25, -0.2) is 0 Å². The summed E-state index contributed by atoms with van der Waals surface area (Å²) in [7, 11) is 1.70. The second kappa shape index (κ2) is 7.84. The molecule has 1 fully saturated rings. The molecule has 0 radical (unpaired) electrons. The molecular formula is C18H29NO3. The van der Waals surface area contributed by atoms with Crippen LogP contribution in [-0.2, 0) is 10.2 Å². The van der Waals surface area contributed by atoms with E-state index in [-0.39, 0.29) is 5.41 Å². The molecule has 4 heteroatoms. The smallest absolute Gasteiger partial charge is 0.161 e. The SMILES string of the molecule is COc1cc(C(C)(C)C)ccc1OCCCN1CCOCC1. The predicted octanol–water partition coefficient (Wildman–Crippen LogP) is 3.09. The van der Waals surface area contributed by atoms with Crippen LogP contribution in [0.1, 0.15) is 32.8 Å². The maximum Gasteiger partial charge on any atom is 0.161 e. The molecule has 0 unspecified atom stereocenters. The fraction of sp³-hybridized carbons (Fsp3) is 0.667. The van der Waals surface area contributed by atoms with Gasteiger partial charge in [-0.1, -0.05) is 26.8 Å². The molecule has 1 aliphatic heterocycles. The Kier molecular flexibility index (Phi) is 6.09. The van der Waals surface area contributed by atoms with Gasteiger partial charge in [-0.05, 0) is 29.5 Å². The van der Waals surface area contributed by atoms with Gasteiger partial charge in [0.2, 0.25) is 0 Å². The van der Waals surface area contributed by atoms with Gasteiger partial charge in [0.1, 0.15) is 0 Å². The van der Waals surface area contributed by atoms with Crippen molar-refractivity contribution in [3.8, 4) is 11.5 Å². The van der Waals surface area contributed by atoms with E-state index in [1.165, 1.54) is 5.56 Å². The van der Waals surface area contributed by atoms with E-state index in [0.717, 1.165) is 50.8 Å². The van der Waals surface area contributed by atoms with Crippen molar-refractivity contribution in [3.63, 3.8) is 0 Å². The van der Waals surface area contributed by atoms with Crippen LogP contribution in [0.5, 0.6) is 11.5 Å². The zero-order valence-corrected chi connectivity index (χ0v) is 14.4. The molecule has 1 aliphatic rings. The molecule has 1 aromatic carbocycles. The Bertz CT molecular complexity index is 462. The zero-order valence-electron chi connectivity index (χ0n) is 14.4. The summed E-state index contributed by atoms with van der Waals surface area (Å²) in [6.07, 6.45) is 1.02. The molecule has 1 saturated heterocycles. The number of ether oxygens (including phenoxy) is 3. The fourth-order valence-electron chi connectivity index (χ4n) is 2.55. The van der Waals surface area contributed by atoms with Crippen LogP contribution in [0, 0.1) is 0 Å². The van der Waals surface area contributed by atoms with Crippen molar-refractivity contribution in [2.24, 2.45) is 0 Å². The highest BCUT2D eigenvalue weighted by molar-refractivity contribution is 5.44. The van der Waals surface area contributed by atoms with Crippen molar-refractivity contribution >= 4 is 0 Å². The van der Waals surface area contributed by atoms with Crippen molar-refractivity contribution in [1.82, 2.24) is 4.90 Å². The summed E-state index contributed by atoms with van der Waals surface area (Å²) in [5.74, 6) is 1.65. The van der Waals surface area contributed by atoms with Crippen molar-refractivity contribution < 1.29 is 14.2 Å². The largest absolute Gasteiger partial charge is 0.493 e. The van der Waals surface area contributed by atoms with Crippen LogP contribution in [0.4, 0.5) is 0 Å². The number of hydrogen-bond donors (Lipinski definition) is 0. The summed E-state index contributed by atoms with van der Waals surface area (Å²) in [5, 5.41) is 0. The van der Waals surface area contributed by atoms with Gasteiger partial charge in [0.05, 0.1) is 26.9 Å². The molecule has 0 aliphatic carbocycles. The molecule has 0 amide bonds. The average Bonchev–Trinajstić information content (AvgIpc) is 2.51. The monoisotopic (exact) mass is 307 g/mol. The van der Waals surface area contributed by atoms with Crippen molar-refractivity contribution in [2.75, 3.05) is 46.6 Å². The maximum atomic E-state index is 5.90. The van der Waals surface area contributed by atoms with Gasteiger partial charge in [0.15, 0.2) is 11.5 Å². The highest BCUT2D eigenvalue weighted by Crippen LogP contribution is 2.33. The lowest BCUT2D eigenvalue weighted by Crippen LogP contribution is -2.37. The first-order valence-electron chi connectivity index (χ1n) is 8.12. The third-order valence-electron chi connectivity index (χ3n) is 4.01. The van der Waals surface area contributed by atoms with Gasteiger partial charge in [0.25, 0.3) is 0 Å². The van der Waals surface area contributed by atoms with Crippen molar-refractivity contribution in [2.45, 2.75) is 32.6 Å². The van der Waals surface area contributed by atoms with Crippen LogP contribution in [0.15, 0.2) is 18.2 Å². The topological polar surface area (TPSA) is 30.9 Å². The van der Waals surface area contributed by atoms with Crippen molar-refractivity contribution in [1.29, 1.82) is 0 Å². The first-order chi connectivity index (χ1) is 10.5. The first kappa shape index (κ1) is 17.1. The number of benzene rings is 1. The van der Waals surface area contributed by atoms with E-state index in [2.05, 4.69) is 37.8 Å². The molecule has 2 rings (SSSR count). The molecule has 0 N–H and O–H groups in total. The summed E-state index contributed by atoms with van der Waals surface area (Å²) in [5.41, 5.74) is 1.37. The molecule has 4 nitrogen and oxygen atoms in total. The summed E-state index contributed by atoms with van der Waals surface area (Å²) >= 11 is 0. The van der Waals surface area contributed by atoms with Gasteiger partial charge < -0.3 is 14.2 Å². The lowest BCUT2D eigenvalue weighted by molar-refractivity contribution is 0.0357. The van der Waals surface area contributed by atoms with Crippen LogP contribution in [-0.4, -0.2) is 51.5 Å². The minimum Gasteiger partial charge on any atom is -0.493 e. The van der Waals surface area contributed by atoms with E-state index in [4.69, 9.17) is 14.2 Å². The van der Waals surface area contributed by atoms with Crippen molar-refractivity contribution in [3.05, 3.63) is 23.8 Å². The Morgan fingerprint density at radius 2 is 1.86 bits per heavy atom. The molecule has 0 spiro atoms. The number of morpholine rings is 1. The first-order valence-corrected chi connectivity index (χ1v) is 8.12. The molecule has 0 saturated carbocycles. The minimum atomic E-state index is 0.113. The van der Waals surface area contributed by atoms with E-state index in [9.17, 15) is 0 Å². The molecular weight excluding hydrogens is 278 g/mol. The second-order valence-electron chi connectivity index (χ2n) is 6.77. The molecule has 0 aromatic heterocycles. The fourth-order valence-corrected chi connectivity index (χ4v) is 2.55. The number of nitrogens with zero attached hydrogens (tertiary/aromatic N) is 1. The lowest BCUT2D eigenvalue weighted by atomic mass is 9.87. The van der Waals surface area contributed by atoms with Crippen LogP contribution >= 0.6 is 0 Å². The van der Waals surface area contributed by atoms with Crippen LogP contribution < -0.4 is 9.47 Å². The third kappa shape index (κ3) is 4.89. The van der Waals surface area contributed by atoms with E-state index in [1.54, 1.807) is 7.11 Å². The predicted molar refractivity (Wildman–Crippen MR) is 89.1 cm³/mol. The molecule has 0 atom stereocenters. The molecule has 22 heavy (non-hydrogen) atoms. The Balaban J connectivity index is 1.84. The number of methoxy groups -OCH3 is 1. The standard InChI is InChI=1S/C18H29NO3/c1-18(2,3)15-6-7-16(17(14-15)20-4)22-11-5-8-19-9-12-21-13-10-19/h6-7,14H,5,8-13H2,1-4H3. The van der Waals surface area contributed by atoms with E-state index < -0.39 is 0 Å². The van der Waals surface area contributed by atoms with Gasteiger partial charge in [-0.3, -0.25) is 4.90 Å². The molecule has 124 valence electrons. The average molecular weight is 307 g/mol. The molecule has 1 aromatic rings. The highest BCUT2D eigenvalue weighted by atomic mass is 16.5. The second-order valence-corrected chi connectivity index (χ2v) is 6.77. The summed E-state index contributed by atoms with van der Waals surface area (Å²) in [4.78, 5) is 2.42. The van der Waals surface area contributed by atoms with Gasteiger partial charge in [-0.2, -0.15) is 0 Å². The van der Waals surface area contributed by atoms with E-state index in [0.29, 0.717) is 6.61 Å². The van der Waals surface area contributed by atoms with Gasteiger partial charge in [0, 0.05) is 19.6 Å². The van der Waals surface area contributed by atoms with Gasteiger partial charge >= 0.3 is 0 Å². The lowest BCUT2D eigenvalue weighted by Gasteiger charge is -2.26. The number of rotatable bonds is 6.